The van der Waals surface area contributed by atoms with Crippen molar-refractivity contribution >= 4 is 24.1 Å². The lowest BCUT2D eigenvalue weighted by Gasteiger charge is -2.04. The first kappa shape index (κ1) is 26.6. The van der Waals surface area contributed by atoms with Gasteiger partial charge in [-0.25, -0.2) is 9.59 Å². The summed E-state index contributed by atoms with van der Waals surface area (Å²) in [6.07, 6.45) is 7.80. The van der Waals surface area contributed by atoms with Crippen molar-refractivity contribution in [2.75, 3.05) is 27.4 Å². The topological polar surface area (TPSA) is 71.1 Å². The molecule has 36 heavy (non-hydrogen) atoms. The van der Waals surface area contributed by atoms with E-state index >= 15 is 0 Å². The fraction of sp³-hybridized carbons (Fsp3) is 0.200. The van der Waals surface area contributed by atoms with E-state index in [1.165, 1.54) is 23.3 Å². The number of hydrogen-bond donors (Lipinski definition) is 0. The Morgan fingerprint density at radius 2 is 0.944 bits per heavy atom. The molecule has 6 nitrogen and oxygen atoms in total. The summed E-state index contributed by atoms with van der Waals surface area (Å²) in [4.78, 5) is 24.2. The zero-order valence-corrected chi connectivity index (χ0v) is 20.5. The number of rotatable bonds is 12. The molecule has 0 fully saturated rings. The molecule has 0 heterocycles. The third-order valence-corrected chi connectivity index (χ3v) is 5.23. The van der Waals surface area contributed by atoms with Gasteiger partial charge in [-0.05, 0) is 71.5 Å². The quantitative estimate of drug-likeness (QED) is 0.197. The first-order valence-corrected chi connectivity index (χ1v) is 11.6. The Morgan fingerprint density at radius 1 is 0.583 bits per heavy atom. The van der Waals surface area contributed by atoms with E-state index in [0.29, 0.717) is 24.7 Å². The molecule has 0 N–H and O–H groups in total. The summed E-state index contributed by atoms with van der Waals surface area (Å²) in [6, 6.07) is 22.0. The number of carbonyl (C=O) groups is 2. The zero-order chi connectivity index (χ0) is 25.6. The molecule has 3 aromatic rings. The molecule has 3 rings (SSSR count). The average molecular weight is 487 g/mol. The van der Waals surface area contributed by atoms with Gasteiger partial charge in [0.1, 0.15) is 11.5 Å². The van der Waals surface area contributed by atoms with Crippen LogP contribution in [0, 0.1) is 0 Å². The highest BCUT2D eigenvalue weighted by Gasteiger charge is 2.04. The number of hydrogen-bond acceptors (Lipinski definition) is 6. The standard InChI is InChI=1S/C30H30O6/c1-33-21-19-25-7-3-23(4-8-25)11-17-29(31)35-27-13-15-28(16-14-27)36-30(32)18-12-24-5-9-26(10-6-24)20-22-34-2/h3-18H,19-22H2,1-2H3/b17-11+,18-12+. The summed E-state index contributed by atoms with van der Waals surface area (Å²) in [6.45, 7) is 1.33. The van der Waals surface area contributed by atoms with Gasteiger partial charge in [0.25, 0.3) is 0 Å². The predicted molar refractivity (Wildman–Crippen MR) is 140 cm³/mol. The Balaban J connectivity index is 1.45. The van der Waals surface area contributed by atoms with Crippen molar-refractivity contribution < 1.29 is 28.5 Å². The van der Waals surface area contributed by atoms with Gasteiger partial charge in [-0.1, -0.05) is 48.5 Å². The number of methoxy groups -OCH3 is 2. The summed E-state index contributed by atoms with van der Waals surface area (Å²) in [5.74, 6) is -0.300. The van der Waals surface area contributed by atoms with Gasteiger partial charge in [0, 0.05) is 26.4 Å². The highest BCUT2D eigenvalue weighted by molar-refractivity contribution is 5.89. The predicted octanol–water partition coefficient (Wildman–Crippen LogP) is 5.30. The van der Waals surface area contributed by atoms with E-state index in [9.17, 15) is 9.59 Å². The summed E-state index contributed by atoms with van der Waals surface area (Å²) >= 11 is 0. The third-order valence-electron chi connectivity index (χ3n) is 5.23. The van der Waals surface area contributed by atoms with E-state index in [1.807, 2.05) is 48.5 Å². The van der Waals surface area contributed by atoms with E-state index < -0.39 is 11.9 Å². The van der Waals surface area contributed by atoms with Crippen molar-refractivity contribution in [2.45, 2.75) is 12.8 Å². The SMILES string of the molecule is COCCc1ccc(/C=C/C(=O)Oc2ccc(OC(=O)/C=C/c3ccc(CCOC)cc3)cc2)cc1. The van der Waals surface area contributed by atoms with Crippen LogP contribution < -0.4 is 9.47 Å². The highest BCUT2D eigenvalue weighted by atomic mass is 16.5. The van der Waals surface area contributed by atoms with Gasteiger partial charge in [0.05, 0.1) is 13.2 Å². The van der Waals surface area contributed by atoms with Gasteiger partial charge >= 0.3 is 11.9 Å². The average Bonchev–Trinajstić information content (AvgIpc) is 2.90. The summed E-state index contributed by atoms with van der Waals surface area (Å²) in [7, 11) is 3.35. The molecular formula is C30H30O6. The van der Waals surface area contributed by atoms with E-state index in [-0.39, 0.29) is 0 Å². The second-order valence-electron chi connectivity index (χ2n) is 7.95. The van der Waals surface area contributed by atoms with Crippen molar-refractivity contribution in [1.82, 2.24) is 0 Å². The van der Waals surface area contributed by atoms with Crippen LogP contribution in [0.4, 0.5) is 0 Å². The lowest BCUT2D eigenvalue weighted by Crippen LogP contribution is -2.05. The Bertz CT molecular complexity index is 1070. The Kier molecular flexibility index (Phi) is 10.6. The van der Waals surface area contributed by atoms with E-state index in [0.717, 1.165) is 24.0 Å². The van der Waals surface area contributed by atoms with Crippen molar-refractivity contribution in [3.8, 4) is 11.5 Å². The molecule has 3 aromatic carbocycles. The van der Waals surface area contributed by atoms with Gasteiger partial charge in [-0.15, -0.1) is 0 Å². The summed E-state index contributed by atoms with van der Waals surface area (Å²) in [5.41, 5.74) is 4.12. The van der Waals surface area contributed by atoms with Crippen LogP contribution >= 0.6 is 0 Å². The molecule has 186 valence electrons. The fourth-order valence-electron chi connectivity index (χ4n) is 3.24. The molecule has 0 aliphatic heterocycles. The second-order valence-corrected chi connectivity index (χ2v) is 7.95. The van der Waals surface area contributed by atoms with Crippen LogP contribution in [0.5, 0.6) is 11.5 Å². The molecule has 0 bridgehead atoms. The Labute approximate surface area is 211 Å². The van der Waals surface area contributed by atoms with Crippen molar-refractivity contribution in [1.29, 1.82) is 0 Å². The van der Waals surface area contributed by atoms with Gasteiger partial charge in [-0.3, -0.25) is 0 Å². The van der Waals surface area contributed by atoms with Crippen LogP contribution in [-0.4, -0.2) is 39.4 Å². The van der Waals surface area contributed by atoms with Crippen LogP contribution in [0.1, 0.15) is 22.3 Å². The molecule has 0 amide bonds. The first-order chi connectivity index (χ1) is 17.6. The van der Waals surface area contributed by atoms with Crippen molar-refractivity contribution in [2.24, 2.45) is 0 Å². The maximum Gasteiger partial charge on any atom is 0.336 e. The smallest absolute Gasteiger partial charge is 0.336 e. The molecular weight excluding hydrogens is 456 g/mol. The lowest BCUT2D eigenvalue weighted by molar-refractivity contribution is -0.130. The molecule has 0 aliphatic carbocycles. The highest BCUT2D eigenvalue weighted by Crippen LogP contribution is 2.18. The monoisotopic (exact) mass is 486 g/mol. The van der Waals surface area contributed by atoms with Gasteiger partial charge < -0.3 is 18.9 Å². The van der Waals surface area contributed by atoms with E-state index in [1.54, 1.807) is 50.6 Å². The van der Waals surface area contributed by atoms with Gasteiger partial charge in [-0.2, -0.15) is 0 Å². The van der Waals surface area contributed by atoms with Crippen molar-refractivity contribution in [3.05, 3.63) is 107 Å². The van der Waals surface area contributed by atoms with Crippen LogP contribution in [0.25, 0.3) is 12.2 Å². The first-order valence-electron chi connectivity index (χ1n) is 11.6. The molecule has 0 aromatic heterocycles. The molecule has 0 saturated carbocycles. The van der Waals surface area contributed by atoms with Crippen LogP contribution in [0.15, 0.2) is 84.9 Å². The number of benzene rings is 3. The molecule has 0 unspecified atom stereocenters. The summed E-state index contributed by atoms with van der Waals surface area (Å²) < 4.78 is 20.8. The van der Waals surface area contributed by atoms with Gasteiger partial charge in [0.15, 0.2) is 0 Å². The van der Waals surface area contributed by atoms with Crippen LogP contribution in [0.3, 0.4) is 0 Å². The minimum atomic E-state index is -0.501. The maximum atomic E-state index is 12.1. The largest absolute Gasteiger partial charge is 0.423 e. The third kappa shape index (κ3) is 9.33. The molecule has 6 heteroatoms. The molecule has 0 aliphatic rings. The molecule has 0 spiro atoms. The molecule has 0 atom stereocenters. The second kappa shape index (κ2) is 14.4. The van der Waals surface area contributed by atoms with Gasteiger partial charge in [0.2, 0.25) is 0 Å². The summed E-state index contributed by atoms with van der Waals surface area (Å²) in [5, 5.41) is 0. The normalized spacial score (nSPS) is 11.2. The minimum Gasteiger partial charge on any atom is -0.423 e. The number of ether oxygens (including phenoxy) is 4. The molecule has 0 saturated heterocycles. The number of esters is 2. The zero-order valence-electron chi connectivity index (χ0n) is 20.5. The van der Waals surface area contributed by atoms with E-state index in [4.69, 9.17) is 18.9 Å². The van der Waals surface area contributed by atoms with Crippen molar-refractivity contribution in [3.63, 3.8) is 0 Å². The van der Waals surface area contributed by atoms with Crippen LogP contribution in [0.2, 0.25) is 0 Å². The Morgan fingerprint density at radius 3 is 1.28 bits per heavy atom. The molecule has 0 radical (unpaired) electrons. The minimum absolute atomic E-state index is 0.350. The number of carbonyl (C=O) groups excluding carboxylic acids is 2. The van der Waals surface area contributed by atoms with E-state index in [2.05, 4.69) is 0 Å². The Hall–Kier alpha value is -4.00. The fourth-order valence-corrected chi connectivity index (χ4v) is 3.24. The lowest BCUT2D eigenvalue weighted by atomic mass is 10.1. The van der Waals surface area contributed by atoms with Crippen LogP contribution in [-0.2, 0) is 31.9 Å². The maximum absolute atomic E-state index is 12.1.